The second kappa shape index (κ2) is 42.5. The number of nitrogens with one attached hydrogen (secondary N) is 1. The first-order valence-corrected chi connectivity index (χ1v) is 27.1. The molecule has 8 nitrogen and oxygen atoms in total. The Kier molecular flexibility index (Phi) is 42.0. The number of likely N-dealkylation sites (N-methyl/N-ethyl adjacent to an activating group) is 1. The molecule has 0 aromatic carbocycles. The van der Waals surface area contributed by atoms with Crippen molar-refractivity contribution in [2.75, 3.05) is 40.9 Å². The highest BCUT2D eigenvalue weighted by atomic mass is 31.2. The van der Waals surface area contributed by atoms with Gasteiger partial charge in [-0.3, -0.25) is 13.8 Å². The summed E-state index contributed by atoms with van der Waals surface area (Å²) in [7, 11) is 1.59. The third kappa shape index (κ3) is 45.1. The van der Waals surface area contributed by atoms with Gasteiger partial charge < -0.3 is 19.8 Å². The summed E-state index contributed by atoms with van der Waals surface area (Å²) >= 11 is 0. The lowest BCUT2D eigenvalue weighted by molar-refractivity contribution is -0.870. The van der Waals surface area contributed by atoms with E-state index >= 15 is 0 Å². The van der Waals surface area contributed by atoms with Gasteiger partial charge >= 0.3 is 7.82 Å². The van der Waals surface area contributed by atoms with Gasteiger partial charge in [-0.15, -0.1) is 0 Å². The average Bonchev–Trinajstić information content (AvgIpc) is 3.19. The molecular formula is C50H102N2O6P+. The van der Waals surface area contributed by atoms with Crippen LogP contribution in [-0.4, -0.2) is 73.4 Å². The number of hydrogen-bond donors (Lipinski definition) is 3. The van der Waals surface area contributed by atoms with Crippen LogP contribution in [-0.2, 0) is 18.4 Å². The van der Waals surface area contributed by atoms with Gasteiger partial charge in [-0.25, -0.2) is 4.57 Å². The summed E-state index contributed by atoms with van der Waals surface area (Å²) in [5.41, 5.74) is 0. The van der Waals surface area contributed by atoms with Crippen LogP contribution in [0.3, 0.4) is 0 Å². The number of rotatable bonds is 47. The quantitative estimate of drug-likeness (QED) is 0.0244. The highest BCUT2D eigenvalue weighted by molar-refractivity contribution is 7.47. The van der Waals surface area contributed by atoms with Crippen LogP contribution >= 0.6 is 7.82 Å². The Morgan fingerprint density at radius 2 is 0.898 bits per heavy atom. The Morgan fingerprint density at radius 1 is 0.559 bits per heavy atom. The predicted octanol–water partition coefficient (Wildman–Crippen LogP) is 14.7. The molecular weight excluding hydrogens is 756 g/mol. The van der Waals surface area contributed by atoms with Gasteiger partial charge in [0.2, 0.25) is 5.91 Å². The molecule has 0 rings (SSSR count). The fourth-order valence-electron chi connectivity index (χ4n) is 7.69. The molecule has 3 unspecified atom stereocenters. The van der Waals surface area contributed by atoms with Gasteiger partial charge in [0.1, 0.15) is 13.2 Å². The summed E-state index contributed by atoms with van der Waals surface area (Å²) in [6.45, 7) is 4.85. The van der Waals surface area contributed by atoms with Crippen molar-refractivity contribution in [3.8, 4) is 0 Å². The molecule has 0 aliphatic heterocycles. The molecule has 0 aliphatic rings. The Hall–Kier alpha value is -0.760. The molecule has 0 aliphatic carbocycles. The molecule has 3 N–H and O–H groups in total. The molecule has 0 saturated heterocycles. The lowest BCUT2D eigenvalue weighted by Gasteiger charge is -2.25. The number of carbonyl (C=O) groups is 1. The number of carbonyl (C=O) groups excluding carboxylic acids is 1. The van der Waals surface area contributed by atoms with Crippen molar-refractivity contribution in [3.63, 3.8) is 0 Å². The van der Waals surface area contributed by atoms with Gasteiger partial charge in [-0.2, -0.15) is 0 Å². The smallest absolute Gasteiger partial charge is 0.387 e. The molecule has 3 atom stereocenters. The van der Waals surface area contributed by atoms with Crippen molar-refractivity contribution >= 4 is 13.7 Å². The minimum absolute atomic E-state index is 0.0649. The van der Waals surface area contributed by atoms with Crippen molar-refractivity contribution in [3.05, 3.63) is 12.2 Å². The van der Waals surface area contributed by atoms with E-state index in [1.165, 1.54) is 199 Å². The third-order valence-corrected chi connectivity index (χ3v) is 12.7. The summed E-state index contributed by atoms with van der Waals surface area (Å²) in [5, 5.41) is 13.9. The zero-order chi connectivity index (χ0) is 43.6. The van der Waals surface area contributed by atoms with E-state index in [2.05, 4.69) is 19.2 Å². The van der Waals surface area contributed by atoms with E-state index in [9.17, 15) is 19.4 Å². The maximum absolute atomic E-state index is 12.9. The van der Waals surface area contributed by atoms with Crippen molar-refractivity contribution in [2.45, 2.75) is 264 Å². The van der Waals surface area contributed by atoms with Crippen molar-refractivity contribution in [1.82, 2.24) is 5.32 Å². The van der Waals surface area contributed by atoms with Gasteiger partial charge in [-0.1, -0.05) is 238 Å². The third-order valence-electron chi connectivity index (χ3n) is 11.8. The van der Waals surface area contributed by atoms with Crippen LogP contribution < -0.4 is 5.32 Å². The first-order chi connectivity index (χ1) is 28.5. The molecule has 0 aromatic heterocycles. The molecule has 0 radical (unpaired) electrons. The second-order valence-electron chi connectivity index (χ2n) is 18.9. The molecule has 0 aromatic rings. The van der Waals surface area contributed by atoms with Gasteiger partial charge in [0.25, 0.3) is 0 Å². The molecule has 352 valence electrons. The molecule has 0 bridgehead atoms. The highest BCUT2D eigenvalue weighted by Gasteiger charge is 2.27. The minimum Gasteiger partial charge on any atom is -0.387 e. The fourth-order valence-corrected chi connectivity index (χ4v) is 8.43. The van der Waals surface area contributed by atoms with E-state index in [0.29, 0.717) is 17.4 Å². The van der Waals surface area contributed by atoms with Crippen LogP contribution in [0.2, 0.25) is 0 Å². The van der Waals surface area contributed by atoms with Crippen LogP contribution in [0.4, 0.5) is 0 Å². The van der Waals surface area contributed by atoms with Crippen LogP contribution in [0.15, 0.2) is 12.2 Å². The Balaban J connectivity index is 4.25. The van der Waals surface area contributed by atoms with Crippen molar-refractivity contribution in [1.29, 1.82) is 0 Å². The van der Waals surface area contributed by atoms with E-state index in [-0.39, 0.29) is 19.1 Å². The van der Waals surface area contributed by atoms with Crippen molar-refractivity contribution in [2.24, 2.45) is 0 Å². The maximum atomic E-state index is 12.9. The Bertz CT molecular complexity index is 974. The number of aliphatic hydroxyl groups excluding tert-OH is 1. The average molecular weight is 858 g/mol. The van der Waals surface area contributed by atoms with Gasteiger partial charge in [0.15, 0.2) is 0 Å². The zero-order valence-corrected chi connectivity index (χ0v) is 40.9. The van der Waals surface area contributed by atoms with E-state index in [0.717, 1.165) is 32.1 Å². The molecule has 1 amide bonds. The number of nitrogens with zero attached hydrogens (tertiary/aromatic N) is 1. The van der Waals surface area contributed by atoms with E-state index in [4.69, 9.17) is 9.05 Å². The molecule has 0 spiro atoms. The SMILES string of the molecule is CCCCCCCCCCCCCCCCCCCCCCC/C=C/C(O)C(COP(=O)(O)OCC[N+](C)(C)C)NC(=O)CCCCCCCCCCCCCCCC. The van der Waals surface area contributed by atoms with E-state index in [1.807, 2.05) is 27.2 Å². The molecule has 9 heteroatoms. The number of phosphoric ester groups is 1. The number of hydrogen-bond acceptors (Lipinski definition) is 5. The van der Waals surface area contributed by atoms with Crippen LogP contribution in [0.25, 0.3) is 0 Å². The predicted molar refractivity (Wildman–Crippen MR) is 254 cm³/mol. The number of allylic oxidation sites excluding steroid dienone is 1. The topological polar surface area (TPSA) is 105 Å². The second-order valence-corrected chi connectivity index (χ2v) is 20.4. The molecule has 0 saturated carbocycles. The number of quaternary nitrogens is 1. The van der Waals surface area contributed by atoms with Crippen molar-refractivity contribution < 1.29 is 32.9 Å². The lowest BCUT2D eigenvalue weighted by Crippen LogP contribution is -2.45. The Labute approximate surface area is 367 Å². The number of amides is 1. The normalized spacial score (nSPS) is 14.2. The molecule has 0 heterocycles. The zero-order valence-electron chi connectivity index (χ0n) is 40.0. The van der Waals surface area contributed by atoms with Gasteiger partial charge in [0, 0.05) is 6.42 Å². The molecule has 0 fully saturated rings. The minimum atomic E-state index is -4.34. The Morgan fingerprint density at radius 3 is 1.25 bits per heavy atom. The molecule has 59 heavy (non-hydrogen) atoms. The fraction of sp³-hybridized carbons (Fsp3) is 0.940. The van der Waals surface area contributed by atoms with Crippen LogP contribution in [0, 0.1) is 0 Å². The van der Waals surface area contributed by atoms with E-state index < -0.39 is 20.0 Å². The van der Waals surface area contributed by atoms with E-state index in [1.54, 1.807) is 6.08 Å². The highest BCUT2D eigenvalue weighted by Crippen LogP contribution is 2.43. The summed E-state index contributed by atoms with van der Waals surface area (Å²) in [6.07, 6.45) is 50.0. The number of phosphoric acid groups is 1. The summed E-state index contributed by atoms with van der Waals surface area (Å²) in [5.74, 6) is -0.173. The van der Waals surface area contributed by atoms with Crippen LogP contribution in [0.1, 0.15) is 251 Å². The van der Waals surface area contributed by atoms with Crippen LogP contribution in [0.5, 0.6) is 0 Å². The standard InChI is InChI=1S/C50H101N2O6P/c1-6-8-10-12-14-16-18-20-22-23-24-25-26-27-28-29-30-31-33-35-37-39-41-43-49(53)48(47-58-59(55,56)57-46-45-52(3,4)5)51-50(54)44-42-40-38-36-34-32-21-19-17-15-13-11-9-7-2/h41,43,48-49,53H,6-40,42,44-47H2,1-5H3,(H-,51,54,55,56)/p+1/b43-41+. The largest absolute Gasteiger partial charge is 0.472 e. The summed E-state index contributed by atoms with van der Waals surface area (Å²) < 4.78 is 23.6. The van der Waals surface area contributed by atoms with Gasteiger partial charge in [0.05, 0.1) is 39.9 Å². The summed E-state index contributed by atoms with van der Waals surface area (Å²) in [4.78, 5) is 23.2. The first-order valence-electron chi connectivity index (χ1n) is 25.6. The van der Waals surface area contributed by atoms with Gasteiger partial charge in [-0.05, 0) is 19.3 Å². The number of unbranched alkanes of at least 4 members (excludes halogenated alkanes) is 34. The maximum Gasteiger partial charge on any atom is 0.472 e. The first kappa shape index (κ1) is 58.2. The lowest BCUT2D eigenvalue weighted by atomic mass is 10.0. The monoisotopic (exact) mass is 858 g/mol. The summed E-state index contributed by atoms with van der Waals surface area (Å²) in [6, 6.07) is -0.840. The number of aliphatic hydroxyl groups is 1.